The Morgan fingerprint density at radius 1 is 0.939 bits per heavy atom. The highest BCUT2D eigenvalue weighted by atomic mass is 127. The van der Waals surface area contributed by atoms with Crippen LogP contribution in [0.2, 0.25) is 0 Å². The van der Waals surface area contributed by atoms with Crippen LogP contribution in [0.15, 0.2) is 84.9 Å². The molecule has 0 saturated heterocycles. The number of aromatic amines is 1. The van der Waals surface area contributed by atoms with Crippen LogP contribution in [0.4, 0.5) is 0 Å². The first-order chi connectivity index (χ1) is 16.0. The summed E-state index contributed by atoms with van der Waals surface area (Å²) < 4.78 is 3.41. The van der Waals surface area contributed by atoms with Crippen molar-refractivity contribution in [1.82, 2.24) is 14.5 Å². The summed E-state index contributed by atoms with van der Waals surface area (Å²) in [7, 11) is 0. The molecule has 0 fully saturated rings. The van der Waals surface area contributed by atoms with Crippen molar-refractivity contribution >= 4 is 51.1 Å². The fourth-order valence-corrected chi connectivity index (χ4v) is 4.50. The van der Waals surface area contributed by atoms with Gasteiger partial charge in [0.2, 0.25) is 0 Å². The van der Waals surface area contributed by atoms with Crippen LogP contribution in [0.1, 0.15) is 33.1 Å². The third kappa shape index (κ3) is 4.16. The van der Waals surface area contributed by atoms with E-state index in [1.54, 1.807) is 0 Å². The molecule has 0 atom stereocenters. The topological polar surface area (TPSA) is 50.7 Å². The minimum atomic E-state index is -0.0614. The number of allylic oxidation sites excluding steroid dienone is 1. The lowest BCUT2D eigenvalue weighted by Crippen LogP contribution is -2.04. The summed E-state index contributed by atoms with van der Waals surface area (Å²) in [5.41, 5.74) is 7.19. The quantitative estimate of drug-likeness (QED) is 0.148. The number of imidazole rings is 1. The number of hydrogen-bond donors (Lipinski definition) is 1. The predicted octanol–water partition coefficient (Wildman–Crippen LogP) is 7.00. The SMILES string of the molecule is Cc1cc(C=C(C(=O)c2ccccc2)c2nc3ccccc3[nH]2)c(C)n1-c1ccc(I)cc1. The fourth-order valence-electron chi connectivity index (χ4n) is 4.14. The Kier molecular flexibility index (Phi) is 5.72. The second kappa shape index (κ2) is 8.83. The van der Waals surface area contributed by atoms with E-state index in [1.165, 1.54) is 3.57 Å². The number of ketones is 1. The van der Waals surface area contributed by atoms with Gasteiger partial charge in [-0.3, -0.25) is 4.79 Å². The van der Waals surface area contributed by atoms with Crippen molar-refractivity contribution in [1.29, 1.82) is 0 Å². The molecule has 2 heterocycles. The highest BCUT2D eigenvalue weighted by molar-refractivity contribution is 14.1. The Hall–Kier alpha value is -3.45. The Morgan fingerprint density at radius 3 is 2.36 bits per heavy atom. The maximum atomic E-state index is 13.6. The number of nitrogens with one attached hydrogen (secondary N) is 1. The van der Waals surface area contributed by atoms with E-state index in [-0.39, 0.29) is 5.78 Å². The van der Waals surface area contributed by atoms with Crippen molar-refractivity contribution in [2.24, 2.45) is 0 Å². The molecule has 2 aromatic heterocycles. The van der Waals surface area contributed by atoms with Gasteiger partial charge in [-0.1, -0.05) is 42.5 Å². The zero-order chi connectivity index (χ0) is 22.9. The van der Waals surface area contributed by atoms with Crippen molar-refractivity contribution in [2.75, 3.05) is 0 Å². The largest absolute Gasteiger partial charge is 0.338 e. The van der Waals surface area contributed by atoms with Gasteiger partial charge in [-0.25, -0.2) is 4.98 Å². The Morgan fingerprint density at radius 2 is 1.64 bits per heavy atom. The van der Waals surface area contributed by atoms with Crippen molar-refractivity contribution < 1.29 is 4.79 Å². The van der Waals surface area contributed by atoms with E-state index < -0.39 is 0 Å². The van der Waals surface area contributed by atoms with Crippen LogP contribution in [0, 0.1) is 17.4 Å². The normalized spacial score (nSPS) is 11.8. The summed E-state index contributed by atoms with van der Waals surface area (Å²) >= 11 is 2.31. The zero-order valence-corrected chi connectivity index (χ0v) is 20.5. The number of carbonyl (C=O) groups is 1. The summed E-state index contributed by atoms with van der Waals surface area (Å²) in [5, 5.41) is 0. The molecule has 5 heteroatoms. The van der Waals surface area contributed by atoms with Crippen LogP contribution in [0.25, 0.3) is 28.4 Å². The number of aryl methyl sites for hydroxylation is 1. The number of hydrogen-bond acceptors (Lipinski definition) is 2. The molecule has 5 aromatic rings. The number of Topliss-reactive ketones (excluding diaryl/α,β-unsaturated/α-hetero) is 1. The lowest BCUT2D eigenvalue weighted by atomic mass is 10.0. The fraction of sp³-hybridized carbons (Fsp3) is 0.0714. The molecule has 0 aliphatic heterocycles. The summed E-state index contributed by atoms with van der Waals surface area (Å²) in [6.45, 7) is 4.17. The average molecular weight is 543 g/mol. The predicted molar refractivity (Wildman–Crippen MR) is 143 cm³/mol. The second-order valence-electron chi connectivity index (χ2n) is 7.99. The third-order valence-electron chi connectivity index (χ3n) is 5.78. The number of aromatic nitrogens is 3. The molecule has 0 saturated carbocycles. The van der Waals surface area contributed by atoms with Gasteiger partial charge in [0.25, 0.3) is 0 Å². The standard InChI is InChI=1S/C28H22IN3O/c1-18-16-21(19(2)32(18)23-14-12-22(29)13-15-23)17-24(27(33)20-8-4-3-5-9-20)28-30-25-10-6-7-11-26(25)31-28/h3-17H,1-2H3,(H,30,31). The molecule has 0 aliphatic rings. The first kappa shape index (κ1) is 21.4. The lowest BCUT2D eigenvalue weighted by Gasteiger charge is -2.10. The minimum Gasteiger partial charge on any atom is -0.338 e. The van der Waals surface area contributed by atoms with E-state index in [0.29, 0.717) is 17.0 Å². The molecular formula is C28H22IN3O. The summed E-state index contributed by atoms with van der Waals surface area (Å²) in [6, 6.07) is 27.7. The van der Waals surface area contributed by atoms with Crippen LogP contribution < -0.4 is 0 Å². The van der Waals surface area contributed by atoms with Crippen LogP contribution in [0.3, 0.4) is 0 Å². The van der Waals surface area contributed by atoms with Gasteiger partial charge in [-0.05, 0) is 90.5 Å². The highest BCUT2D eigenvalue weighted by Crippen LogP contribution is 2.28. The smallest absolute Gasteiger partial charge is 0.196 e. The third-order valence-corrected chi connectivity index (χ3v) is 6.50. The van der Waals surface area contributed by atoms with Gasteiger partial charge >= 0.3 is 0 Å². The summed E-state index contributed by atoms with van der Waals surface area (Å²) in [5.74, 6) is 0.512. The van der Waals surface area contributed by atoms with E-state index in [4.69, 9.17) is 4.98 Å². The lowest BCUT2D eigenvalue weighted by molar-refractivity contribution is 0.105. The van der Waals surface area contributed by atoms with Crippen molar-refractivity contribution in [3.05, 3.63) is 117 Å². The molecule has 162 valence electrons. The number of para-hydroxylation sites is 2. The van der Waals surface area contributed by atoms with Gasteiger partial charge in [0.05, 0.1) is 16.6 Å². The van der Waals surface area contributed by atoms with Gasteiger partial charge < -0.3 is 9.55 Å². The minimum absolute atomic E-state index is 0.0614. The van der Waals surface area contributed by atoms with E-state index in [0.717, 1.165) is 33.7 Å². The number of fused-ring (bicyclic) bond motifs is 1. The van der Waals surface area contributed by atoms with Crippen molar-refractivity contribution in [3.63, 3.8) is 0 Å². The highest BCUT2D eigenvalue weighted by Gasteiger charge is 2.20. The van der Waals surface area contributed by atoms with E-state index in [1.807, 2.05) is 60.7 Å². The van der Waals surface area contributed by atoms with E-state index in [2.05, 4.69) is 76.3 Å². The molecule has 0 unspecified atom stereocenters. The second-order valence-corrected chi connectivity index (χ2v) is 9.24. The molecule has 0 spiro atoms. The van der Waals surface area contributed by atoms with Gasteiger partial charge in [-0.15, -0.1) is 0 Å². The summed E-state index contributed by atoms with van der Waals surface area (Å²) in [4.78, 5) is 21.7. The Labute approximate surface area is 206 Å². The van der Waals surface area contributed by atoms with E-state index in [9.17, 15) is 4.79 Å². The van der Waals surface area contributed by atoms with Crippen molar-refractivity contribution in [2.45, 2.75) is 13.8 Å². The maximum Gasteiger partial charge on any atom is 0.196 e. The number of halogens is 1. The van der Waals surface area contributed by atoms with Crippen LogP contribution >= 0.6 is 22.6 Å². The Bertz CT molecular complexity index is 1460. The maximum absolute atomic E-state index is 13.6. The molecule has 0 amide bonds. The molecule has 1 N–H and O–H groups in total. The number of nitrogens with zero attached hydrogens (tertiary/aromatic N) is 2. The Balaban J connectivity index is 1.67. The number of benzene rings is 3. The van der Waals surface area contributed by atoms with Crippen molar-refractivity contribution in [3.8, 4) is 5.69 Å². The zero-order valence-electron chi connectivity index (χ0n) is 18.3. The van der Waals surface area contributed by atoms with Gasteiger partial charge in [0.15, 0.2) is 5.78 Å². The molecule has 33 heavy (non-hydrogen) atoms. The van der Waals surface area contributed by atoms with E-state index >= 15 is 0 Å². The summed E-state index contributed by atoms with van der Waals surface area (Å²) in [6.07, 6.45) is 1.96. The monoisotopic (exact) mass is 543 g/mol. The molecule has 0 radical (unpaired) electrons. The molecule has 4 nitrogen and oxygen atoms in total. The first-order valence-electron chi connectivity index (χ1n) is 10.7. The molecule has 3 aromatic carbocycles. The number of carbonyl (C=O) groups excluding carboxylic acids is 1. The number of rotatable bonds is 5. The molecule has 0 bridgehead atoms. The molecule has 5 rings (SSSR count). The van der Waals surface area contributed by atoms with Crippen LogP contribution in [-0.2, 0) is 0 Å². The van der Waals surface area contributed by atoms with Crippen LogP contribution in [0.5, 0.6) is 0 Å². The average Bonchev–Trinajstić information content (AvgIpc) is 3.38. The van der Waals surface area contributed by atoms with Crippen LogP contribution in [-0.4, -0.2) is 20.3 Å². The van der Waals surface area contributed by atoms with Gasteiger partial charge in [0.1, 0.15) is 5.82 Å². The molecular weight excluding hydrogens is 521 g/mol. The number of H-pyrrole nitrogens is 1. The van der Waals surface area contributed by atoms with Gasteiger partial charge in [-0.2, -0.15) is 0 Å². The first-order valence-corrected chi connectivity index (χ1v) is 11.8. The van der Waals surface area contributed by atoms with Gasteiger partial charge in [0, 0.05) is 26.2 Å². The molecule has 0 aliphatic carbocycles.